The van der Waals surface area contributed by atoms with E-state index in [0.717, 1.165) is 36.4 Å². The molecule has 2 atom stereocenters. The van der Waals surface area contributed by atoms with E-state index in [4.69, 9.17) is 9.72 Å². The summed E-state index contributed by atoms with van der Waals surface area (Å²) in [6.45, 7) is 1.82. The summed E-state index contributed by atoms with van der Waals surface area (Å²) in [4.78, 5) is 7.07. The molecular formula is C12H14N4O. The quantitative estimate of drug-likeness (QED) is 0.731. The first-order valence-corrected chi connectivity index (χ1v) is 5.98. The van der Waals surface area contributed by atoms with Crippen LogP contribution in [0.2, 0.25) is 0 Å². The molecule has 2 aromatic heterocycles. The van der Waals surface area contributed by atoms with Crippen LogP contribution in [0.15, 0.2) is 18.3 Å². The number of rotatable bonds is 1. The van der Waals surface area contributed by atoms with Gasteiger partial charge in [-0.15, -0.1) is 0 Å². The van der Waals surface area contributed by atoms with Crippen LogP contribution in [0.1, 0.15) is 6.42 Å². The highest BCUT2D eigenvalue weighted by Crippen LogP contribution is 2.32. The summed E-state index contributed by atoms with van der Waals surface area (Å²) in [5.41, 5.74) is 0.950. The molecule has 5 heteroatoms. The molecule has 2 aromatic rings. The van der Waals surface area contributed by atoms with E-state index in [1.807, 2.05) is 17.9 Å². The number of ether oxygens (including phenoxy) is 1. The molecule has 0 radical (unpaired) electrons. The SMILES string of the molecule is Cn1ncc2ccc(N3CC4CC3CO4)nc21. The van der Waals surface area contributed by atoms with Gasteiger partial charge >= 0.3 is 0 Å². The van der Waals surface area contributed by atoms with Crippen LogP contribution in [-0.4, -0.2) is 40.1 Å². The van der Waals surface area contributed by atoms with Crippen molar-refractivity contribution in [3.05, 3.63) is 18.3 Å². The molecule has 5 nitrogen and oxygen atoms in total. The van der Waals surface area contributed by atoms with Gasteiger partial charge in [0.1, 0.15) is 5.82 Å². The summed E-state index contributed by atoms with van der Waals surface area (Å²) in [6, 6.07) is 4.69. The van der Waals surface area contributed by atoms with Crippen LogP contribution < -0.4 is 4.90 Å². The Labute approximate surface area is 99.0 Å². The third-order valence-corrected chi connectivity index (χ3v) is 3.76. The maximum absolute atomic E-state index is 5.61. The second kappa shape index (κ2) is 3.20. The first-order valence-electron chi connectivity index (χ1n) is 5.98. The van der Waals surface area contributed by atoms with Crippen molar-refractivity contribution in [2.24, 2.45) is 7.05 Å². The van der Waals surface area contributed by atoms with Crippen molar-refractivity contribution >= 4 is 16.9 Å². The molecule has 4 heterocycles. The predicted molar refractivity (Wildman–Crippen MR) is 64.0 cm³/mol. The molecule has 88 valence electrons. The lowest BCUT2D eigenvalue weighted by atomic mass is 10.2. The molecule has 2 fully saturated rings. The lowest BCUT2D eigenvalue weighted by Gasteiger charge is -2.27. The van der Waals surface area contributed by atoms with E-state index in [1.54, 1.807) is 0 Å². The van der Waals surface area contributed by atoms with E-state index in [1.165, 1.54) is 0 Å². The van der Waals surface area contributed by atoms with Gasteiger partial charge in [0.15, 0.2) is 5.65 Å². The van der Waals surface area contributed by atoms with Crippen LogP contribution in [0, 0.1) is 0 Å². The van der Waals surface area contributed by atoms with Gasteiger partial charge in [0.25, 0.3) is 0 Å². The van der Waals surface area contributed by atoms with Gasteiger partial charge in [0.05, 0.1) is 24.9 Å². The monoisotopic (exact) mass is 230 g/mol. The van der Waals surface area contributed by atoms with Gasteiger partial charge in [-0.3, -0.25) is 4.68 Å². The number of hydrogen-bond donors (Lipinski definition) is 0. The number of hydrogen-bond acceptors (Lipinski definition) is 4. The van der Waals surface area contributed by atoms with E-state index in [0.29, 0.717) is 12.1 Å². The molecule has 2 saturated heterocycles. The zero-order valence-corrected chi connectivity index (χ0v) is 9.71. The molecule has 17 heavy (non-hydrogen) atoms. The highest BCUT2D eigenvalue weighted by Gasteiger charge is 2.39. The van der Waals surface area contributed by atoms with Gasteiger partial charge in [0, 0.05) is 19.0 Å². The second-order valence-electron chi connectivity index (χ2n) is 4.85. The van der Waals surface area contributed by atoms with E-state index >= 15 is 0 Å². The molecule has 0 aliphatic carbocycles. The van der Waals surface area contributed by atoms with Crippen molar-refractivity contribution < 1.29 is 4.74 Å². The first kappa shape index (κ1) is 9.41. The molecule has 0 amide bonds. The number of aromatic nitrogens is 3. The van der Waals surface area contributed by atoms with E-state index < -0.39 is 0 Å². The van der Waals surface area contributed by atoms with Crippen molar-refractivity contribution in [1.29, 1.82) is 0 Å². The molecule has 4 rings (SSSR count). The van der Waals surface area contributed by atoms with Gasteiger partial charge in [-0.1, -0.05) is 0 Å². The largest absolute Gasteiger partial charge is 0.374 e. The zero-order chi connectivity index (χ0) is 11.4. The van der Waals surface area contributed by atoms with Crippen molar-refractivity contribution in [2.75, 3.05) is 18.1 Å². The normalized spacial score (nSPS) is 27.2. The van der Waals surface area contributed by atoms with E-state index in [9.17, 15) is 0 Å². The Kier molecular flexibility index (Phi) is 1.77. The topological polar surface area (TPSA) is 43.2 Å². The molecule has 2 aliphatic heterocycles. The lowest BCUT2D eigenvalue weighted by Crippen LogP contribution is -2.37. The van der Waals surface area contributed by atoms with Gasteiger partial charge in [0.2, 0.25) is 0 Å². The minimum atomic E-state index is 0.407. The molecular weight excluding hydrogens is 216 g/mol. The molecule has 0 aromatic carbocycles. The fraction of sp³-hybridized carbons (Fsp3) is 0.500. The van der Waals surface area contributed by atoms with Crippen molar-refractivity contribution in [3.8, 4) is 0 Å². The Morgan fingerprint density at radius 3 is 3.12 bits per heavy atom. The third kappa shape index (κ3) is 1.29. The fourth-order valence-electron chi connectivity index (χ4n) is 2.85. The van der Waals surface area contributed by atoms with Crippen molar-refractivity contribution in [2.45, 2.75) is 18.6 Å². The number of anilines is 1. The summed E-state index contributed by atoms with van der Waals surface area (Å²) >= 11 is 0. The molecule has 2 bridgehead atoms. The molecule has 2 aliphatic rings. The van der Waals surface area contributed by atoms with Crippen LogP contribution in [0.5, 0.6) is 0 Å². The summed E-state index contributed by atoms with van der Waals surface area (Å²) in [7, 11) is 1.93. The first-order chi connectivity index (χ1) is 8.31. The Bertz CT molecular complexity index is 579. The average molecular weight is 230 g/mol. The number of pyridine rings is 1. The Morgan fingerprint density at radius 2 is 2.35 bits per heavy atom. The van der Waals surface area contributed by atoms with Gasteiger partial charge in [-0.05, 0) is 18.6 Å². The zero-order valence-electron chi connectivity index (χ0n) is 9.71. The smallest absolute Gasteiger partial charge is 0.159 e. The van der Waals surface area contributed by atoms with E-state index in [-0.39, 0.29) is 0 Å². The highest BCUT2D eigenvalue weighted by atomic mass is 16.5. The molecule has 0 saturated carbocycles. The van der Waals surface area contributed by atoms with Crippen LogP contribution in [0.3, 0.4) is 0 Å². The summed E-state index contributed by atoms with van der Waals surface area (Å²) in [6.07, 6.45) is 3.40. The minimum absolute atomic E-state index is 0.407. The van der Waals surface area contributed by atoms with E-state index in [2.05, 4.69) is 22.1 Å². The number of fused-ring (bicyclic) bond motifs is 3. The Balaban J connectivity index is 1.78. The number of nitrogens with zero attached hydrogens (tertiary/aromatic N) is 4. The van der Waals surface area contributed by atoms with Crippen LogP contribution in [0.25, 0.3) is 11.0 Å². The second-order valence-corrected chi connectivity index (χ2v) is 4.85. The Hall–Kier alpha value is -1.62. The molecule has 0 N–H and O–H groups in total. The van der Waals surface area contributed by atoms with Crippen LogP contribution in [0.4, 0.5) is 5.82 Å². The van der Waals surface area contributed by atoms with Crippen LogP contribution >= 0.6 is 0 Å². The van der Waals surface area contributed by atoms with Crippen molar-refractivity contribution in [3.63, 3.8) is 0 Å². The number of morpholine rings is 1. The van der Waals surface area contributed by atoms with Gasteiger partial charge in [-0.25, -0.2) is 4.98 Å². The van der Waals surface area contributed by atoms with Crippen LogP contribution in [-0.2, 0) is 11.8 Å². The number of aryl methyl sites for hydroxylation is 1. The lowest BCUT2D eigenvalue weighted by molar-refractivity contribution is 0.0989. The Morgan fingerprint density at radius 1 is 1.41 bits per heavy atom. The average Bonchev–Trinajstić information content (AvgIpc) is 3.04. The van der Waals surface area contributed by atoms with Gasteiger partial charge < -0.3 is 9.64 Å². The molecule has 2 unspecified atom stereocenters. The third-order valence-electron chi connectivity index (χ3n) is 3.76. The maximum atomic E-state index is 5.61. The highest BCUT2D eigenvalue weighted by molar-refractivity contribution is 5.76. The van der Waals surface area contributed by atoms with Crippen molar-refractivity contribution in [1.82, 2.24) is 14.8 Å². The predicted octanol–water partition coefficient (Wildman–Crippen LogP) is 0.946. The molecule has 0 spiro atoms. The maximum Gasteiger partial charge on any atom is 0.159 e. The standard InChI is InChI=1S/C12H14N4O/c1-15-12-8(5-13-15)2-3-11(14-12)16-6-10-4-9(16)7-17-10/h2-3,5,9-10H,4,6-7H2,1H3. The summed E-state index contributed by atoms with van der Waals surface area (Å²) in [5, 5.41) is 5.32. The minimum Gasteiger partial charge on any atom is -0.374 e. The fourth-order valence-corrected chi connectivity index (χ4v) is 2.85. The summed E-state index contributed by atoms with van der Waals surface area (Å²) in [5.74, 6) is 1.05. The van der Waals surface area contributed by atoms with Gasteiger partial charge in [-0.2, -0.15) is 5.10 Å². The summed E-state index contributed by atoms with van der Waals surface area (Å²) < 4.78 is 7.44.